The summed E-state index contributed by atoms with van der Waals surface area (Å²) in [5.41, 5.74) is 4.17. The molecule has 0 aliphatic rings. The summed E-state index contributed by atoms with van der Waals surface area (Å²) in [6.07, 6.45) is 4.95. The van der Waals surface area contributed by atoms with Gasteiger partial charge in [-0.15, -0.1) is 0 Å². The highest BCUT2D eigenvalue weighted by Crippen LogP contribution is 2.13. The molecule has 0 bridgehead atoms. The lowest BCUT2D eigenvalue weighted by atomic mass is 10.0. The van der Waals surface area contributed by atoms with Crippen molar-refractivity contribution in [1.82, 2.24) is 0 Å². The minimum absolute atomic E-state index is 1.00. The van der Waals surface area contributed by atoms with Crippen LogP contribution in [0.4, 0.5) is 0 Å². The van der Waals surface area contributed by atoms with Crippen molar-refractivity contribution in [3.63, 3.8) is 0 Å². The van der Waals surface area contributed by atoms with Crippen molar-refractivity contribution in [2.24, 2.45) is 0 Å². The van der Waals surface area contributed by atoms with E-state index in [0.717, 1.165) is 6.42 Å². The van der Waals surface area contributed by atoms with Crippen molar-refractivity contribution < 1.29 is 0 Å². The summed E-state index contributed by atoms with van der Waals surface area (Å²) in [7, 11) is 0. The fraction of sp³-hybridized carbons (Fsp3) is 0.250. The molecule has 0 nitrogen and oxygen atoms in total. The van der Waals surface area contributed by atoms with Gasteiger partial charge in [-0.3, -0.25) is 0 Å². The molecule has 0 saturated carbocycles. The second kappa shape index (κ2) is 4.10. The predicted octanol–water partition coefficient (Wildman–Crippen LogP) is 3.24. The van der Waals surface area contributed by atoms with E-state index in [1.165, 1.54) is 16.7 Å². The van der Waals surface area contributed by atoms with Gasteiger partial charge in [-0.25, -0.2) is 0 Å². The van der Waals surface area contributed by atoms with Gasteiger partial charge < -0.3 is 0 Å². The third-order valence-corrected chi connectivity index (χ3v) is 2.13. The molecule has 0 N–H and O–H groups in total. The van der Waals surface area contributed by atoms with Crippen LogP contribution in [0.2, 0.25) is 0 Å². The first kappa shape index (κ1) is 9.05. The number of rotatable bonds is 2. The molecular formula is C12H15. The summed E-state index contributed by atoms with van der Waals surface area (Å²) < 4.78 is 0. The summed E-state index contributed by atoms with van der Waals surface area (Å²) in [6.45, 7) is 7.98. The molecule has 63 valence electrons. The number of aryl methyl sites for hydroxylation is 2. The Morgan fingerprint density at radius 1 is 1.25 bits per heavy atom. The van der Waals surface area contributed by atoms with Crippen LogP contribution in [-0.2, 0) is 6.42 Å². The van der Waals surface area contributed by atoms with Crippen molar-refractivity contribution >= 4 is 0 Å². The molecule has 0 heterocycles. The fourth-order valence-corrected chi connectivity index (χ4v) is 1.37. The van der Waals surface area contributed by atoms with E-state index < -0.39 is 0 Å². The molecule has 0 atom stereocenters. The van der Waals surface area contributed by atoms with Crippen LogP contribution in [-0.4, -0.2) is 0 Å². The lowest BCUT2D eigenvalue weighted by Gasteiger charge is -2.05. The van der Waals surface area contributed by atoms with Gasteiger partial charge in [-0.1, -0.05) is 30.4 Å². The maximum atomic E-state index is 3.68. The molecule has 12 heavy (non-hydrogen) atoms. The van der Waals surface area contributed by atoms with Crippen LogP contribution in [0.25, 0.3) is 0 Å². The average Bonchev–Trinajstić information content (AvgIpc) is 2.04. The van der Waals surface area contributed by atoms with Crippen LogP contribution in [0.1, 0.15) is 16.7 Å². The maximum Gasteiger partial charge on any atom is -0.00922 e. The molecule has 1 aromatic rings. The number of allylic oxidation sites excluding steroid dienone is 2. The van der Waals surface area contributed by atoms with Crippen LogP contribution in [0.3, 0.4) is 0 Å². The summed E-state index contributed by atoms with van der Waals surface area (Å²) in [5, 5.41) is 0. The van der Waals surface area contributed by atoms with Gasteiger partial charge in [0.25, 0.3) is 0 Å². The zero-order valence-corrected chi connectivity index (χ0v) is 7.80. The molecule has 1 aromatic carbocycles. The monoisotopic (exact) mass is 159 g/mol. The Labute approximate surface area is 74.9 Å². The normalized spacial score (nSPS) is 10.9. The first-order valence-corrected chi connectivity index (χ1v) is 4.25. The SMILES string of the molecule is [CH2]C=CCc1c(C)cccc1C. The standard InChI is InChI=1S/C12H15/c1-4-5-9-12-10(2)7-6-8-11(12)3/h4-8H,1,9H2,2-3H3. The van der Waals surface area contributed by atoms with Crippen LogP contribution >= 0.6 is 0 Å². The van der Waals surface area contributed by atoms with Crippen LogP contribution in [0.15, 0.2) is 30.4 Å². The maximum absolute atomic E-state index is 3.68. The van der Waals surface area contributed by atoms with Crippen molar-refractivity contribution in [3.05, 3.63) is 54.0 Å². The van der Waals surface area contributed by atoms with Gasteiger partial charge in [0.05, 0.1) is 0 Å². The largest absolute Gasteiger partial charge is 0.0879 e. The van der Waals surface area contributed by atoms with Crippen molar-refractivity contribution in [2.45, 2.75) is 20.3 Å². The smallest absolute Gasteiger partial charge is 0.00922 e. The number of benzene rings is 1. The van der Waals surface area contributed by atoms with Crippen LogP contribution in [0, 0.1) is 20.8 Å². The summed E-state index contributed by atoms with van der Waals surface area (Å²) in [6, 6.07) is 6.40. The third kappa shape index (κ3) is 1.97. The molecule has 0 aliphatic heterocycles. The van der Waals surface area contributed by atoms with E-state index in [1.807, 2.05) is 6.08 Å². The lowest BCUT2D eigenvalue weighted by Crippen LogP contribution is -1.90. The molecular weight excluding hydrogens is 144 g/mol. The van der Waals surface area contributed by atoms with Gasteiger partial charge in [0.15, 0.2) is 0 Å². The fourth-order valence-electron chi connectivity index (χ4n) is 1.37. The van der Waals surface area contributed by atoms with E-state index in [2.05, 4.69) is 45.0 Å². The summed E-state index contributed by atoms with van der Waals surface area (Å²) in [4.78, 5) is 0. The molecule has 0 heteroatoms. The summed E-state index contributed by atoms with van der Waals surface area (Å²) in [5.74, 6) is 0. The number of hydrogen-bond acceptors (Lipinski definition) is 0. The van der Waals surface area contributed by atoms with E-state index in [1.54, 1.807) is 0 Å². The van der Waals surface area contributed by atoms with E-state index in [-0.39, 0.29) is 0 Å². The van der Waals surface area contributed by atoms with Crippen molar-refractivity contribution in [1.29, 1.82) is 0 Å². The van der Waals surface area contributed by atoms with E-state index in [9.17, 15) is 0 Å². The number of hydrogen-bond donors (Lipinski definition) is 0. The van der Waals surface area contributed by atoms with Gasteiger partial charge >= 0.3 is 0 Å². The third-order valence-electron chi connectivity index (χ3n) is 2.13. The molecule has 0 saturated heterocycles. The van der Waals surface area contributed by atoms with E-state index in [4.69, 9.17) is 0 Å². The van der Waals surface area contributed by atoms with E-state index in [0.29, 0.717) is 0 Å². The topological polar surface area (TPSA) is 0 Å². The Balaban J connectivity index is 2.96. The Morgan fingerprint density at radius 3 is 2.33 bits per heavy atom. The van der Waals surface area contributed by atoms with Gasteiger partial charge in [0, 0.05) is 0 Å². The minimum Gasteiger partial charge on any atom is -0.0879 e. The molecule has 1 radical (unpaired) electrons. The average molecular weight is 159 g/mol. The highest BCUT2D eigenvalue weighted by molar-refractivity contribution is 5.34. The molecule has 0 fully saturated rings. The van der Waals surface area contributed by atoms with Crippen LogP contribution < -0.4 is 0 Å². The zero-order valence-electron chi connectivity index (χ0n) is 7.80. The molecule has 0 aliphatic carbocycles. The molecule has 0 aromatic heterocycles. The highest BCUT2D eigenvalue weighted by atomic mass is 14.0. The Kier molecular flexibility index (Phi) is 3.09. The van der Waals surface area contributed by atoms with Gasteiger partial charge in [-0.05, 0) is 43.9 Å². The first-order chi connectivity index (χ1) is 5.75. The molecule has 0 spiro atoms. The quantitative estimate of drug-likeness (QED) is 0.621. The Hall–Kier alpha value is -1.04. The Morgan fingerprint density at radius 2 is 1.83 bits per heavy atom. The Bertz CT molecular complexity index is 262. The van der Waals surface area contributed by atoms with E-state index >= 15 is 0 Å². The first-order valence-electron chi connectivity index (χ1n) is 4.25. The summed E-state index contributed by atoms with van der Waals surface area (Å²) >= 11 is 0. The second-order valence-corrected chi connectivity index (χ2v) is 3.05. The van der Waals surface area contributed by atoms with Gasteiger partial charge in [0.1, 0.15) is 0 Å². The highest BCUT2D eigenvalue weighted by Gasteiger charge is 1.97. The molecule has 0 amide bonds. The van der Waals surface area contributed by atoms with Crippen molar-refractivity contribution in [2.75, 3.05) is 0 Å². The minimum atomic E-state index is 1.00. The predicted molar refractivity (Wildman–Crippen MR) is 54.1 cm³/mol. The second-order valence-electron chi connectivity index (χ2n) is 3.05. The lowest BCUT2D eigenvalue weighted by molar-refractivity contribution is 1.17. The molecule has 1 rings (SSSR count). The van der Waals surface area contributed by atoms with Crippen LogP contribution in [0.5, 0.6) is 0 Å². The zero-order chi connectivity index (χ0) is 8.97. The van der Waals surface area contributed by atoms with Gasteiger partial charge in [0.2, 0.25) is 0 Å². The van der Waals surface area contributed by atoms with Crippen molar-refractivity contribution in [3.8, 4) is 0 Å². The van der Waals surface area contributed by atoms with Gasteiger partial charge in [-0.2, -0.15) is 0 Å². The molecule has 0 unspecified atom stereocenters.